The van der Waals surface area contributed by atoms with Gasteiger partial charge >= 0.3 is 0 Å². The van der Waals surface area contributed by atoms with E-state index < -0.39 is 0 Å². The standard InChI is InChI=1S/2C17H15N2O.C3H10Si.CH4.HI.2Y/c2*1-12-7-9-14(10-8-12)18-17(20)16-11-13-5-3-4-6-15(13)19(16)2;1-4(2)3;;;;/h2*3-11H,2H2,1H3,(H,18,20);4H,1-3H3;1H4;1H;;/q2*-1;;;;;. The first-order valence-electron chi connectivity index (χ1n) is 14.6. The van der Waals surface area contributed by atoms with Crippen molar-refractivity contribution in [3.8, 4) is 0 Å². The van der Waals surface area contributed by atoms with Gasteiger partial charge in [-0.2, -0.15) is 0 Å². The van der Waals surface area contributed by atoms with E-state index in [4.69, 9.17) is 0 Å². The van der Waals surface area contributed by atoms with Crippen molar-refractivity contribution < 1.29 is 75.0 Å². The number of hydrogen-bond acceptors (Lipinski definition) is 2. The zero-order chi connectivity index (χ0) is 31.8. The fraction of sp³-hybridized carbons (Fsp3) is 0.158. The Balaban J connectivity index is 0.000000771. The second-order valence-electron chi connectivity index (χ2n) is 11.4. The van der Waals surface area contributed by atoms with Gasteiger partial charge in [0.25, 0.3) is 0 Å². The van der Waals surface area contributed by atoms with Crippen LogP contribution in [0.15, 0.2) is 109 Å². The van der Waals surface area contributed by atoms with Crippen LogP contribution in [0.3, 0.4) is 0 Å². The van der Waals surface area contributed by atoms with E-state index in [1.54, 1.807) is 9.13 Å². The van der Waals surface area contributed by atoms with E-state index in [0.29, 0.717) is 11.4 Å². The summed E-state index contributed by atoms with van der Waals surface area (Å²) in [7, 11) is 7.74. The molecule has 0 unspecified atom stereocenters. The first-order valence-corrected chi connectivity index (χ1v) is 18.1. The van der Waals surface area contributed by atoms with Crippen LogP contribution >= 0.6 is 24.0 Å². The Kier molecular flexibility index (Phi) is 20.8. The average Bonchev–Trinajstić information content (AvgIpc) is 3.52. The number of aryl methyl sites for hydroxylation is 2. The molecule has 6 nitrogen and oxygen atoms in total. The van der Waals surface area contributed by atoms with Crippen LogP contribution in [-0.4, -0.2) is 29.7 Å². The molecular weight excluding hydrogens is 877 g/mol. The molecule has 4 aromatic carbocycles. The summed E-state index contributed by atoms with van der Waals surface area (Å²) < 4.78 is 3.33. The van der Waals surface area contributed by atoms with Gasteiger partial charge in [-0.25, -0.2) is 0 Å². The van der Waals surface area contributed by atoms with Gasteiger partial charge in [0, 0.05) is 97.0 Å². The zero-order valence-corrected chi connectivity index (χ0v) is 36.8. The molecule has 0 aliphatic carbocycles. The van der Waals surface area contributed by atoms with E-state index in [9.17, 15) is 9.59 Å². The van der Waals surface area contributed by atoms with E-state index in [1.165, 1.54) is 0 Å². The van der Waals surface area contributed by atoms with Crippen molar-refractivity contribution in [1.29, 1.82) is 0 Å². The summed E-state index contributed by atoms with van der Waals surface area (Å²) in [5, 5.41) is 7.80. The summed E-state index contributed by atoms with van der Waals surface area (Å²) >= 11 is 0. The molecule has 48 heavy (non-hydrogen) atoms. The fourth-order valence-electron chi connectivity index (χ4n) is 4.46. The van der Waals surface area contributed by atoms with Crippen molar-refractivity contribution in [1.82, 2.24) is 9.13 Å². The van der Waals surface area contributed by atoms with Crippen molar-refractivity contribution in [3.05, 3.63) is 146 Å². The van der Waals surface area contributed by atoms with Crippen molar-refractivity contribution in [2.24, 2.45) is 0 Å². The average molecular weight is 923 g/mol. The van der Waals surface area contributed by atoms with E-state index >= 15 is 0 Å². The molecule has 0 fully saturated rings. The van der Waals surface area contributed by atoms with Crippen molar-refractivity contribution in [3.63, 3.8) is 0 Å². The Morgan fingerprint density at radius 3 is 1.17 bits per heavy atom. The van der Waals surface area contributed by atoms with E-state index in [2.05, 4.69) is 44.4 Å². The van der Waals surface area contributed by atoms with Crippen LogP contribution in [0.4, 0.5) is 11.4 Å². The summed E-state index contributed by atoms with van der Waals surface area (Å²) in [5.74, 6) is -0.305. The summed E-state index contributed by atoms with van der Waals surface area (Å²) in [6.07, 6.45) is 0. The van der Waals surface area contributed by atoms with Crippen molar-refractivity contribution in [2.75, 3.05) is 10.6 Å². The molecule has 2 amide bonds. The molecule has 10 heteroatoms. The molecule has 2 radical (unpaired) electrons. The van der Waals surface area contributed by atoms with Gasteiger partial charge in [0.2, 0.25) is 11.8 Å². The van der Waals surface area contributed by atoms with Gasteiger partial charge in [-0.05, 0) is 38.1 Å². The first-order chi connectivity index (χ1) is 21.0. The van der Waals surface area contributed by atoms with Crippen molar-refractivity contribution >= 4 is 77.8 Å². The minimum atomic E-state index is -0.153. The summed E-state index contributed by atoms with van der Waals surface area (Å²) in [6.45, 7) is 10.9. The molecule has 6 rings (SSSR count). The molecule has 0 saturated carbocycles. The predicted octanol–water partition coefficient (Wildman–Crippen LogP) is 10.0. The molecule has 2 aromatic heterocycles. The number of rotatable bonds is 4. The molecule has 248 valence electrons. The zero-order valence-electron chi connectivity index (χ0n) is 27.7. The number of carbonyl (C=O) groups excluding carboxylic acids is 2. The van der Waals surface area contributed by atoms with Gasteiger partial charge in [-0.15, -0.1) is 38.1 Å². The number of nitrogens with one attached hydrogen (secondary N) is 2. The number of nitrogens with zero attached hydrogens (tertiary/aromatic N) is 2. The summed E-state index contributed by atoms with van der Waals surface area (Å²) in [5.41, 5.74) is 6.88. The first kappa shape index (κ1) is 45.8. The third-order valence-corrected chi connectivity index (χ3v) is 6.71. The van der Waals surface area contributed by atoms with Crippen LogP contribution in [0.2, 0.25) is 19.6 Å². The number of benzene rings is 4. The Hall–Kier alpha value is -2.21. The van der Waals surface area contributed by atoms with E-state index in [1.807, 2.05) is 123 Å². The summed E-state index contributed by atoms with van der Waals surface area (Å²) in [4.78, 5) is 24.6. The molecule has 0 atom stereocenters. The van der Waals surface area contributed by atoms with Crippen LogP contribution in [-0.2, 0) is 65.4 Å². The molecule has 0 aliphatic rings. The number of aromatic nitrogens is 2. The second-order valence-corrected chi connectivity index (χ2v) is 14.9. The molecule has 0 bridgehead atoms. The van der Waals surface area contributed by atoms with Gasteiger partial charge in [0.1, 0.15) is 0 Å². The van der Waals surface area contributed by atoms with Gasteiger partial charge in [0.15, 0.2) is 0 Å². The Morgan fingerprint density at radius 2 is 0.875 bits per heavy atom. The topological polar surface area (TPSA) is 68.1 Å². The number of halogens is 1. The minimum absolute atomic E-state index is 0. The number of amides is 2. The van der Waals surface area contributed by atoms with Gasteiger partial charge in [-0.1, -0.05) is 145 Å². The SMILES string of the molecule is C.C[SiH](C)C.I.[CH2-]n1c(C(=O)Nc2ccc(C)cc2)cc2ccccc21.[CH2-]n1c(C(=O)Nc2ccc(C)cc2)cc2ccccc21.[Y].[Y]. The van der Waals surface area contributed by atoms with Crippen LogP contribution in [0, 0.1) is 27.9 Å². The molecular formula is C38H45IN4O2SiY2-2. The van der Waals surface area contributed by atoms with E-state index in [0.717, 1.165) is 44.3 Å². The van der Waals surface area contributed by atoms with Crippen LogP contribution in [0.1, 0.15) is 39.5 Å². The molecule has 0 spiro atoms. The molecule has 0 aliphatic heterocycles. The third kappa shape index (κ3) is 12.6. The third-order valence-electron chi connectivity index (χ3n) is 6.71. The van der Waals surface area contributed by atoms with Crippen LogP contribution in [0.25, 0.3) is 21.8 Å². The van der Waals surface area contributed by atoms with E-state index in [-0.39, 0.29) is 117 Å². The largest absolute Gasteiger partial charge is 0.477 e. The Morgan fingerprint density at radius 1 is 0.583 bits per heavy atom. The smallest absolute Gasteiger partial charge is 0.216 e. The number of anilines is 2. The number of hydrogen-bond donors (Lipinski definition) is 2. The second kappa shape index (κ2) is 21.8. The number of para-hydroxylation sites is 2. The molecule has 0 saturated heterocycles. The predicted molar refractivity (Wildman–Crippen MR) is 211 cm³/mol. The quantitative estimate of drug-likeness (QED) is 0.105. The fourth-order valence-corrected chi connectivity index (χ4v) is 4.46. The van der Waals surface area contributed by atoms with Crippen LogP contribution < -0.4 is 10.6 Å². The Labute approximate surface area is 355 Å². The number of carbonyl (C=O) groups is 2. The maximum Gasteiger partial charge on any atom is 0.216 e. The normalized spacial score (nSPS) is 9.62. The molecule has 2 N–H and O–H groups in total. The van der Waals surface area contributed by atoms with Crippen molar-refractivity contribution in [2.45, 2.75) is 40.9 Å². The Bertz CT molecular complexity index is 1750. The molecule has 6 aromatic rings. The molecule has 2 heterocycles. The summed E-state index contributed by atoms with van der Waals surface area (Å²) in [6, 6.07) is 34.8. The van der Waals surface area contributed by atoms with Crippen LogP contribution in [0.5, 0.6) is 0 Å². The maximum absolute atomic E-state index is 12.3. The van der Waals surface area contributed by atoms with Gasteiger partial charge < -0.3 is 19.8 Å². The maximum atomic E-state index is 12.3. The monoisotopic (exact) mass is 922 g/mol. The minimum Gasteiger partial charge on any atom is -0.477 e. The van der Waals surface area contributed by atoms with Gasteiger partial charge in [0.05, 0.1) is 0 Å². The number of fused-ring (bicyclic) bond motifs is 2. The van der Waals surface area contributed by atoms with Gasteiger partial charge in [-0.3, -0.25) is 9.59 Å².